The molecular formula is C26H25N3O2. The van der Waals surface area contributed by atoms with E-state index in [-0.39, 0.29) is 6.03 Å². The Balaban J connectivity index is 1.33. The predicted molar refractivity (Wildman–Crippen MR) is 123 cm³/mol. The van der Waals surface area contributed by atoms with Gasteiger partial charge in [0.05, 0.1) is 5.69 Å². The number of hydrogen-bond donors (Lipinski definition) is 2. The number of benzene rings is 3. The molecule has 156 valence electrons. The number of amides is 2. The number of carbonyl (C=O) groups excluding carboxylic acids is 1. The number of nitrogens with zero attached hydrogens (tertiary/aromatic N) is 1. The van der Waals surface area contributed by atoms with Gasteiger partial charge in [0, 0.05) is 24.2 Å². The summed E-state index contributed by atoms with van der Waals surface area (Å²) < 4.78 is 5.79. The quantitative estimate of drug-likeness (QED) is 0.416. The lowest BCUT2D eigenvalue weighted by Crippen LogP contribution is -2.31. The van der Waals surface area contributed by atoms with Crippen LogP contribution in [0, 0.1) is 6.92 Å². The van der Waals surface area contributed by atoms with Crippen LogP contribution in [0.4, 0.5) is 10.5 Å². The van der Waals surface area contributed by atoms with Crippen molar-refractivity contribution in [1.29, 1.82) is 0 Å². The summed E-state index contributed by atoms with van der Waals surface area (Å²) in [5.74, 6) is 1.38. The smallest absolute Gasteiger partial charge is 0.319 e. The van der Waals surface area contributed by atoms with Crippen molar-refractivity contribution in [2.45, 2.75) is 19.8 Å². The Kier molecular flexibility index (Phi) is 6.43. The average Bonchev–Trinajstić information content (AvgIpc) is 3.17. The van der Waals surface area contributed by atoms with Gasteiger partial charge in [0.25, 0.3) is 0 Å². The Hall–Kier alpha value is -3.86. The van der Waals surface area contributed by atoms with Crippen LogP contribution in [0.5, 0.6) is 0 Å². The van der Waals surface area contributed by atoms with Gasteiger partial charge in [0.15, 0.2) is 0 Å². The number of aryl methyl sites for hydroxylation is 1. The first kappa shape index (κ1) is 20.4. The van der Waals surface area contributed by atoms with Gasteiger partial charge in [-0.3, -0.25) is 0 Å². The zero-order valence-electron chi connectivity index (χ0n) is 17.5. The third-order valence-corrected chi connectivity index (χ3v) is 5.06. The van der Waals surface area contributed by atoms with Crippen LogP contribution in [0.1, 0.15) is 22.6 Å². The number of rotatable bonds is 7. The lowest BCUT2D eigenvalue weighted by atomic mass is 10.0. The molecule has 0 aliphatic heterocycles. The zero-order valence-corrected chi connectivity index (χ0v) is 17.5. The second-order valence-electron chi connectivity index (χ2n) is 7.34. The van der Waals surface area contributed by atoms with Crippen molar-refractivity contribution in [3.8, 4) is 11.5 Å². The summed E-state index contributed by atoms with van der Waals surface area (Å²) in [6, 6.07) is 27.6. The van der Waals surface area contributed by atoms with Crippen LogP contribution in [0.2, 0.25) is 0 Å². The van der Waals surface area contributed by atoms with Gasteiger partial charge in [-0.1, -0.05) is 66.7 Å². The fourth-order valence-electron chi connectivity index (χ4n) is 3.44. The van der Waals surface area contributed by atoms with Crippen molar-refractivity contribution in [2.75, 3.05) is 11.9 Å². The molecule has 0 aliphatic rings. The van der Waals surface area contributed by atoms with E-state index in [4.69, 9.17) is 4.42 Å². The first-order valence-corrected chi connectivity index (χ1v) is 10.4. The van der Waals surface area contributed by atoms with E-state index in [1.807, 2.05) is 79.7 Å². The van der Waals surface area contributed by atoms with E-state index in [1.165, 1.54) is 5.56 Å². The minimum Gasteiger partial charge on any atom is -0.441 e. The molecule has 0 saturated heterocycles. The van der Waals surface area contributed by atoms with Gasteiger partial charge in [-0.2, -0.15) is 0 Å². The van der Waals surface area contributed by atoms with Crippen molar-refractivity contribution >= 4 is 11.7 Å². The van der Waals surface area contributed by atoms with Crippen LogP contribution in [-0.4, -0.2) is 17.6 Å². The van der Waals surface area contributed by atoms with Crippen LogP contribution in [0.15, 0.2) is 89.3 Å². The molecule has 4 rings (SSSR count). The zero-order chi connectivity index (χ0) is 21.5. The number of para-hydroxylation sites is 1. The number of oxazole rings is 1. The number of nitrogens with one attached hydrogen (secondary N) is 2. The molecule has 0 spiro atoms. The molecule has 0 saturated carbocycles. The van der Waals surface area contributed by atoms with Gasteiger partial charge in [0.2, 0.25) is 5.89 Å². The van der Waals surface area contributed by atoms with Gasteiger partial charge in [-0.05, 0) is 42.7 Å². The molecule has 1 aromatic heterocycles. The van der Waals surface area contributed by atoms with E-state index in [0.29, 0.717) is 18.9 Å². The third-order valence-electron chi connectivity index (χ3n) is 5.06. The summed E-state index contributed by atoms with van der Waals surface area (Å²) in [5.41, 5.74) is 4.88. The van der Waals surface area contributed by atoms with Gasteiger partial charge >= 0.3 is 6.03 Å². The van der Waals surface area contributed by atoms with Crippen LogP contribution in [0.3, 0.4) is 0 Å². The van der Waals surface area contributed by atoms with Crippen molar-refractivity contribution in [2.24, 2.45) is 0 Å². The number of aromatic nitrogens is 1. The maximum absolute atomic E-state index is 12.5. The molecule has 0 unspecified atom stereocenters. The SMILES string of the molecule is Cc1oc(-c2ccccc2)nc1CCNC(=O)Nc1ccccc1Cc1ccccc1. The molecule has 31 heavy (non-hydrogen) atoms. The third kappa shape index (κ3) is 5.39. The molecule has 2 amide bonds. The largest absolute Gasteiger partial charge is 0.441 e. The monoisotopic (exact) mass is 411 g/mol. The first-order chi connectivity index (χ1) is 15.2. The summed E-state index contributed by atoms with van der Waals surface area (Å²) in [7, 11) is 0. The second kappa shape index (κ2) is 9.76. The minimum absolute atomic E-state index is 0.232. The van der Waals surface area contributed by atoms with Crippen LogP contribution in [-0.2, 0) is 12.8 Å². The average molecular weight is 412 g/mol. The number of hydrogen-bond acceptors (Lipinski definition) is 3. The fraction of sp³-hybridized carbons (Fsp3) is 0.154. The standard InChI is InChI=1S/C26H25N3O2/c1-19-23(28-25(31-19)21-12-6-3-7-13-21)16-17-27-26(30)29-24-15-9-8-14-22(24)18-20-10-4-2-5-11-20/h2-15H,16-18H2,1H3,(H2,27,29,30). The molecule has 1 heterocycles. The van der Waals surface area contributed by atoms with E-state index in [0.717, 1.165) is 34.7 Å². The predicted octanol–water partition coefficient (Wildman–Crippen LogP) is 5.61. The van der Waals surface area contributed by atoms with E-state index in [1.54, 1.807) is 0 Å². The van der Waals surface area contributed by atoms with Crippen LogP contribution in [0.25, 0.3) is 11.5 Å². The van der Waals surface area contributed by atoms with Crippen molar-refractivity contribution in [3.63, 3.8) is 0 Å². The highest BCUT2D eigenvalue weighted by Gasteiger charge is 2.12. The van der Waals surface area contributed by atoms with Crippen molar-refractivity contribution in [1.82, 2.24) is 10.3 Å². The van der Waals surface area contributed by atoms with E-state index in [9.17, 15) is 4.79 Å². The van der Waals surface area contributed by atoms with Crippen LogP contribution < -0.4 is 10.6 Å². The lowest BCUT2D eigenvalue weighted by molar-refractivity contribution is 0.252. The number of urea groups is 1. The fourth-order valence-corrected chi connectivity index (χ4v) is 3.44. The molecule has 4 aromatic rings. The van der Waals surface area contributed by atoms with Gasteiger partial charge < -0.3 is 15.1 Å². The van der Waals surface area contributed by atoms with E-state index >= 15 is 0 Å². The maximum Gasteiger partial charge on any atom is 0.319 e. The molecule has 0 bridgehead atoms. The maximum atomic E-state index is 12.5. The highest BCUT2D eigenvalue weighted by atomic mass is 16.4. The molecule has 5 nitrogen and oxygen atoms in total. The van der Waals surface area contributed by atoms with Gasteiger partial charge in [-0.25, -0.2) is 9.78 Å². The number of anilines is 1. The summed E-state index contributed by atoms with van der Waals surface area (Å²) in [4.78, 5) is 17.0. The molecule has 0 fully saturated rings. The van der Waals surface area contributed by atoms with Crippen molar-refractivity contribution < 1.29 is 9.21 Å². The summed E-state index contributed by atoms with van der Waals surface area (Å²) in [6.07, 6.45) is 1.36. The van der Waals surface area contributed by atoms with Gasteiger partial charge in [-0.15, -0.1) is 0 Å². The summed E-state index contributed by atoms with van der Waals surface area (Å²) in [6.45, 7) is 2.36. The van der Waals surface area contributed by atoms with E-state index in [2.05, 4.69) is 27.8 Å². The number of carbonyl (C=O) groups is 1. The Morgan fingerprint density at radius 2 is 1.58 bits per heavy atom. The molecule has 0 atom stereocenters. The Labute approximate surface area is 182 Å². The minimum atomic E-state index is -0.232. The highest BCUT2D eigenvalue weighted by Crippen LogP contribution is 2.22. The molecule has 2 N–H and O–H groups in total. The molecule has 0 aliphatic carbocycles. The molecule has 3 aromatic carbocycles. The lowest BCUT2D eigenvalue weighted by Gasteiger charge is -2.12. The normalized spacial score (nSPS) is 10.6. The molecular weight excluding hydrogens is 386 g/mol. The Morgan fingerprint density at radius 3 is 2.35 bits per heavy atom. The first-order valence-electron chi connectivity index (χ1n) is 10.4. The Bertz CT molecular complexity index is 1140. The van der Waals surface area contributed by atoms with Crippen molar-refractivity contribution in [3.05, 3.63) is 108 Å². The highest BCUT2D eigenvalue weighted by molar-refractivity contribution is 5.90. The van der Waals surface area contributed by atoms with Gasteiger partial charge in [0.1, 0.15) is 5.76 Å². The van der Waals surface area contributed by atoms with Crippen LogP contribution >= 0.6 is 0 Å². The molecule has 0 radical (unpaired) electrons. The molecule has 5 heteroatoms. The Morgan fingerprint density at radius 1 is 0.903 bits per heavy atom. The topological polar surface area (TPSA) is 67.2 Å². The summed E-state index contributed by atoms with van der Waals surface area (Å²) in [5, 5.41) is 5.88. The van der Waals surface area contributed by atoms with E-state index < -0.39 is 0 Å². The second-order valence-corrected chi connectivity index (χ2v) is 7.34. The summed E-state index contributed by atoms with van der Waals surface area (Å²) >= 11 is 0.